The first-order valence-corrected chi connectivity index (χ1v) is 7.13. The van der Waals surface area contributed by atoms with Gasteiger partial charge in [0.1, 0.15) is 0 Å². The van der Waals surface area contributed by atoms with Crippen LogP contribution >= 0.6 is 0 Å². The Labute approximate surface area is 125 Å². The fraction of sp³-hybridized carbons (Fsp3) is 0.786. The third-order valence-corrected chi connectivity index (χ3v) is 3.34. The van der Waals surface area contributed by atoms with Crippen LogP contribution in [-0.2, 0) is 19.1 Å². The van der Waals surface area contributed by atoms with E-state index in [1.165, 1.54) is 12.0 Å². The van der Waals surface area contributed by atoms with Crippen LogP contribution in [0, 0.1) is 5.92 Å². The van der Waals surface area contributed by atoms with Gasteiger partial charge in [0, 0.05) is 19.6 Å². The highest BCUT2D eigenvalue weighted by Crippen LogP contribution is 2.18. The summed E-state index contributed by atoms with van der Waals surface area (Å²) in [6.45, 7) is 2.41. The Morgan fingerprint density at radius 1 is 1.24 bits per heavy atom. The van der Waals surface area contributed by atoms with Gasteiger partial charge < -0.3 is 15.0 Å². The average molecular weight is 299 g/mol. The molecular formula is C14H25N3O4. The molecule has 0 radical (unpaired) electrons. The van der Waals surface area contributed by atoms with Crippen molar-refractivity contribution >= 4 is 17.8 Å². The number of amides is 2. The van der Waals surface area contributed by atoms with E-state index in [9.17, 15) is 14.4 Å². The first-order chi connectivity index (χ1) is 9.83. The van der Waals surface area contributed by atoms with E-state index in [4.69, 9.17) is 0 Å². The van der Waals surface area contributed by atoms with E-state index >= 15 is 0 Å². The second-order valence-electron chi connectivity index (χ2n) is 5.71. The molecule has 1 rings (SSSR count). The van der Waals surface area contributed by atoms with Gasteiger partial charge in [0.25, 0.3) is 0 Å². The largest absolute Gasteiger partial charge is 0.469 e. The smallest absolute Gasteiger partial charge is 0.309 e. The molecule has 7 heteroatoms. The number of methoxy groups -OCH3 is 1. The summed E-state index contributed by atoms with van der Waals surface area (Å²) < 4.78 is 4.65. The molecule has 1 fully saturated rings. The van der Waals surface area contributed by atoms with E-state index in [0.29, 0.717) is 12.6 Å². The van der Waals surface area contributed by atoms with Gasteiger partial charge >= 0.3 is 5.97 Å². The minimum atomic E-state index is -0.300. The summed E-state index contributed by atoms with van der Waals surface area (Å²) >= 11 is 0. The maximum Gasteiger partial charge on any atom is 0.309 e. The Bertz CT molecular complexity index is 396. The van der Waals surface area contributed by atoms with Gasteiger partial charge in [-0.1, -0.05) is 6.92 Å². The average Bonchev–Trinajstić information content (AvgIpc) is 3.20. The molecule has 0 bridgehead atoms. The molecule has 1 atom stereocenters. The summed E-state index contributed by atoms with van der Waals surface area (Å²) in [5.74, 6) is -0.873. The van der Waals surface area contributed by atoms with Gasteiger partial charge in [-0.05, 0) is 19.9 Å². The number of nitrogens with one attached hydrogen (secondary N) is 1. The van der Waals surface area contributed by atoms with Crippen LogP contribution in [0.4, 0.5) is 0 Å². The highest BCUT2D eigenvalue weighted by molar-refractivity contribution is 5.85. The lowest BCUT2D eigenvalue weighted by Gasteiger charge is -2.23. The molecule has 120 valence electrons. The lowest BCUT2D eigenvalue weighted by Crippen LogP contribution is -2.43. The topological polar surface area (TPSA) is 79.0 Å². The molecule has 0 heterocycles. The highest BCUT2D eigenvalue weighted by Gasteiger charge is 2.24. The van der Waals surface area contributed by atoms with Gasteiger partial charge in [-0.15, -0.1) is 0 Å². The quantitative estimate of drug-likeness (QED) is 0.609. The molecule has 1 saturated carbocycles. The number of esters is 1. The first kappa shape index (κ1) is 17.4. The van der Waals surface area contributed by atoms with Crippen molar-refractivity contribution in [1.29, 1.82) is 0 Å². The number of nitrogens with zero attached hydrogens (tertiary/aromatic N) is 2. The predicted octanol–water partition coefficient (Wildman–Crippen LogP) is -0.536. The summed E-state index contributed by atoms with van der Waals surface area (Å²) in [5.41, 5.74) is 0. The Morgan fingerprint density at radius 3 is 2.38 bits per heavy atom. The van der Waals surface area contributed by atoms with Crippen molar-refractivity contribution < 1.29 is 19.1 Å². The van der Waals surface area contributed by atoms with Gasteiger partial charge in [0.05, 0.1) is 26.1 Å². The lowest BCUT2D eigenvalue weighted by molar-refractivity contribution is -0.146. The van der Waals surface area contributed by atoms with Crippen LogP contribution in [0.3, 0.4) is 0 Å². The minimum absolute atomic E-state index is 0.0652. The summed E-state index contributed by atoms with van der Waals surface area (Å²) in [6.07, 6.45) is 2.05. The second-order valence-corrected chi connectivity index (χ2v) is 5.71. The molecule has 0 aromatic carbocycles. The number of hydrogen-bond donors (Lipinski definition) is 1. The molecule has 1 aliphatic rings. The van der Waals surface area contributed by atoms with Crippen molar-refractivity contribution in [1.82, 2.24) is 15.1 Å². The molecule has 7 nitrogen and oxygen atoms in total. The Morgan fingerprint density at radius 2 is 1.86 bits per heavy atom. The molecule has 21 heavy (non-hydrogen) atoms. The van der Waals surface area contributed by atoms with E-state index in [-0.39, 0.29) is 36.8 Å². The van der Waals surface area contributed by atoms with Gasteiger partial charge in [-0.3, -0.25) is 19.3 Å². The van der Waals surface area contributed by atoms with Crippen molar-refractivity contribution in [3.05, 3.63) is 0 Å². The van der Waals surface area contributed by atoms with Gasteiger partial charge in [-0.25, -0.2) is 0 Å². The SMILES string of the molecule is COC(=O)C(C)CN(C)CC(=O)N(C)CC(=O)NC1CC1. The number of rotatable bonds is 8. The Kier molecular flexibility index (Phi) is 6.61. The van der Waals surface area contributed by atoms with Crippen LogP contribution < -0.4 is 5.32 Å². The number of carbonyl (C=O) groups excluding carboxylic acids is 3. The van der Waals surface area contributed by atoms with Gasteiger partial charge in [0.2, 0.25) is 11.8 Å². The molecule has 0 aromatic rings. The molecule has 1 N–H and O–H groups in total. The number of likely N-dealkylation sites (N-methyl/N-ethyl adjacent to an activating group) is 2. The molecule has 1 unspecified atom stereocenters. The molecule has 0 aromatic heterocycles. The van der Waals surface area contributed by atoms with Gasteiger partial charge in [-0.2, -0.15) is 0 Å². The maximum absolute atomic E-state index is 12.0. The fourth-order valence-electron chi connectivity index (χ4n) is 1.96. The van der Waals surface area contributed by atoms with Crippen molar-refractivity contribution in [2.24, 2.45) is 5.92 Å². The Balaban J connectivity index is 2.29. The van der Waals surface area contributed by atoms with E-state index in [0.717, 1.165) is 12.8 Å². The maximum atomic E-state index is 12.0. The van der Waals surface area contributed by atoms with Crippen LogP contribution in [0.25, 0.3) is 0 Å². The standard InChI is InChI=1S/C14H25N3O4/c1-10(14(20)21-4)7-16(2)9-13(19)17(3)8-12(18)15-11-5-6-11/h10-11H,5-9H2,1-4H3,(H,15,18). The van der Waals surface area contributed by atoms with Crippen LogP contribution in [0.5, 0.6) is 0 Å². The Hall–Kier alpha value is -1.63. The zero-order valence-electron chi connectivity index (χ0n) is 13.2. The monoisotopic (exact) mass is 299 g/mol. The normalized spacial score (nSPS) is 15.5. The molecule has 0 saturated heterocycles. The van der Waals surface area contributed by atoms with Crippen molar-refractivity contribution in [2.75, 3.05) is 40.8 Å². The van der Waals surface area contributed by atoms with Crippen LogP contribution in [0.2, 0.25) is 0 Å². The van der Waals surface area contributed by atoms with Crippen LogP contribution in [0.1, 0.15) is 19.8 Å². The van der Waals surface area contributed by atoms with Crippen molar-refractivity contribution in [3.63, 3.8) is 0 Å². The second kappa shape index (κ2) is 7.97. The molecule has 1 aliphatic carbocycles. The van der Waals surface area contributed by atoms with E-state index in [2.05, 4.69) is 10.1 Å². The number of hydrogen-bond acceptors (Lipinski definition) is 5. The van der Waals surface area contributed by atoms with E-state index in [1.807, 2.05) is 0 Å². The number of carbonyl (C=O) groups is 3. The summed E-state index contributed by atoms with van der Waals surface area (Å²) in [5, 5.41) is 2.84. The van der Waals surface area contributed by atoms with Crippen LogP contribution in [0.15, 0.2) is 0 Å². The third kappa shape index (κ3) is 6.57. The zero-order chi connectivity index (χ0) is 16.0. The van der Waals surface area contributed by atoms with E-state index in [1.54, 1.807) is 25.9 Å². The van der Waals surface area contributed by atoms with E-state index < -0.39 is 0 Å². The molecule has 0 aliphatic heterocycles. The molecular weight excluding hydrogens is 274 g/mol. The first-order valence-electron chi connectivity index (χ1n) is 7.13. The predicted molar refractivity (Wildman–Crippen MR) is 77.5 cm³/mol. The number of ether oxygens (including phenoxy) is 1. The molecule has 0 spiro atoms. The lowest BCUT2D eigenvalue weighted by atomic mass is 10.2. The highest BCUT2D eigenvalue weighted by atomic mass is 16.5. The van der Waals surface area contributed by atoms with Crippen molar-refractivity contribution in [2.45, 2.75) is 25.8 Å². The molecule has 2 amide bonds. The fourth-order valence-corrected chi connectivity index (χ4v) is 1.96. The zero-order valence-corrected chi connectivity index (χ0v) is 13.2. The minimum Gasteiger partial charge on any atom is -0.469 e. The van der Waals surface area contributed by atoms with Crippen molar-refractivity contribution in [3.8, 4) is 0 Å². The summed E-state index contributed by atoms with van der Waals surface area (Å²) in [4.78, 5) is 38.1. The van der Waals surface area contributed by atoms with Gasteiger partial charge in [0.15, 0.2) is 0 Å². The third-order valence-electron chi connectivity index (χ3n) is 3.34. The summed E-state index contributed by atoms with van der Waals surface area (Å²) in [7, 11) is 4.71. The van der Waals surface area contributed by atoms with Crippen LogP contribution in [-0.4, -0.2) is 74.5 Å². The summed E-state index contributed by atoms with van der Waals surface area (Å²) in [6, 6.07) is 0.296.